The summed E-state index contributed by atoms with van der Waals surface area (Å²) in [5.74, 6) is 1.31. The van der Waals surface area contributed by atoms with Crippen LogP contribution in [-0.4, -0.2) is 5.97 Å². The van der Waals surface area contributed by atoms with Gasteiger partial charge in [-0.1, -0.05) is 57.5 Å². The van der Waals surface area contributed by atoms with E-state index in [9.17, 15) is 4.79 Å². The van der Waals surface area contributed by atoms with Gasteiger partial charge in [-0.25, -0.2) is 0 Å². The summed E-state index contributed by atoms with van der Waals surface area (Å²) in [6.07, 6.45) is 3.28. The van der Waals surface area contributed by atoms with Crippen LogP contribution in [0.4, 0.5) is 0 Å². The molecule has 0 amide bonds. The lowest BCUT2D eigenvalue weighted by Gasteiger charge is -2.47. The van der Waals surface area contributed by atoms with E-state index in [1.165, 1.54) is 13.3 Å². The average molecular weight is 274 g/mol. The molecule has 0 aromatic heterocycles. The van der Waals surface area contributed by atoms with Gasteiger partial charge >= 0.3 is 5.97 Å². The summed E-state index contributed by atoms with van der Waals surface area (Å²) >= 11 is 0. The SMILES string of the molecule is CC(=O)OC1(c2ccccc2)C[C@H](C)CCC1C(C)C. The molecule has 1 aromatic carbocycles. The van der Waals surface area contributed by atoms with Crippen LogP contribution in [0.3, 0.4) is 0 Å². The van der Waals surface area contributed by atoms with Crippen molar-refractivity contribution in [1.82, 2.24) is 0 Å². The first kappa shape index (κ1) is 15.1. The van der Waals surface area contributed by atoms with E-state index in [0.717, 1.165) is 18.4 Å². The Balaban J connectivity index is 2.49. The number of benzene rings is 1. The summed E-state index contributed by atoms with van der Waals surface area (Å²) in [7, 11) is 0. The molecule has 1 fully saturated rings. The lowest BCUT2D eigenvalue weighted by atomic mass is 9.64. The van der Waals surface area contributed by atoms with E-state index in [-0.39, 0.29) is 5.97 Å². The van der Waals surface area contributed by atoms with Gasteiger partial charge in [0, 0.05) is 12.8 Å². The number of esters is 1. The van der Waals surface area contributed by atoms with Crippen molar-refractivity contribution in [3.8, 4) is 0 Å². The Bertz CT molecular complexity index is 452. The molecule has 0 radical (unpaired) electrons. The Kier molecular flexibility index (Phi) is 4.52. The fourth-order valence-electron chi connectivity index (χ4n) is 3.83. The number of ether oxygens (including phenoxy) is 1. The third kappa shape index (κ3) is 2.89. The number of carbonyl (C=O) groups excluding carboxylic acids is 1. The van der Waals surface area contributed by atoms with Crippen molar-refractivity contribution in [2.45, 2.75) is 52.6 Å². The molecule has 0 N–H and O–H groups in total. The zero-order valence-corrected chi connectivity index (χ0v) is 13.1. The molecule has 2 heteroatoms. The van der Waals surface area contributed by atoms with Crippen molar-refractivity contribution in [3.05, 3.63) is 35.9 Å². The van der Waals surface area contributed by atoms with Gasteiger partial charge in [-0.15, -0.1) is 0 Å². The smallest absolute Gasteiger partial charge is 0.303 e. The zero-order valence-electron chi connectivity index (χ0n) is 13.1. The molecule has 1 aromatic rings. The number of rotatable bonds is 3. The Morgan fingerprint density at radius 1 is 1.25 bits per heavy atom. The molecule has 0 saturated heterocycles. The van der Waals surface area contributed by atoms with Crippen LogP contribution in [0.5, 0.6) is 0 Å². The van der Waals surface area contributed by atoms with Gasteiger partial charge in [0.05, 0.1) is 0 Å². The van der Waals surface area contributed by atoms with Crippen molar-refractivity contribution in [1.29, 1.82) is 0 Å². The summed E-state index contributed by atoms with van der Waals surface area (Å²) in [6.45, 7) is 8.27. The lowest BCUT2D eigenvalue weighted by Crippen LogP contribution is -2.46. The molecular weight excluding hydrogens is 248 g/mol. The molecule has 2 rings (SSSR count). The summed E-state index contributed by atoms with van der Waals surface area (Å²) in [6, 6.07) is 10.3. The fraction of sp³-hybridized carbons (Fsp3) is 0.611. The predicted molar refractivity (Wildman–Crippen MR) is 81.2 cm³/mol. The molecule has 1 aliphatic carbocycles. The Hall–Kier alpha value is -1.31. The Morgan fingerprint density at radius 3 is 2.45 bits per heavy atom. The van der Waals surface area contributed by atoms with Crippen molar-refractivity contribution in [2.24, 2.45) is 17.8 Å². The predicted octanol–water partition coefficient (Wildman–Crippen LogP) is 4.54. The molecule has 2 unspecified atom stereocenters. The maximum Gasteiger partial charge on any atom is 0.303 e. The highest BCUT2D eigenvalue weighted by Crippen LogP contribution is 2.49. The van der Waals surface area contributed by atoms with Gasteiger partial charge in [-0.3, -0.25) is 4.79 Å². The minimum Gasteiger partial charge on any atom is -0.454 e. The highest BCUT2D eigenvalue weighted by atomic mass is 16.6. The molecule has 20 heavy (non-hydrogen) atoms. The van der Waals surface area contributed by atoms with Crippen LogP contribution in [0, 0.1) is 17.8 Å². The van der Waals surface area contributed by atoms with Crippen LogP contribution >= 0.6 is 0 Å². The minimum atomic E-state index is -0.446. The number of hydrogen-bond donors (Lipinski definition) is 0. The monoisotopic (exact) mass is 274 g/mol. The second-order valence-electron chi connectivity index (χ2n) is 6.59. The normalized spacial score (nSPS) is 30.2. The second kappa shape index (κ2) is 5.99. The Labute approximate surface area is 122 Å². The highest BCUT2D eigenvalue weighted by Gasteiger charge is 2.48. The first-order valence-electron chi connectivity index (χ1n) is 7.71. The van der Waals surface area contributed by atoms with Crippen molar-refractivity contribution in [3.63, 3.8) is 0 Å². The largest absolute Gasteiger partial charge is 0.454 e. The van der Waals surface area contributed by atoms with E-state index in [0.29, 0.717) is 17.8 Å². The molecule has 0 aliphatic heterocycles. The molecule has 110 valence electrons. The third-order valence-corrected chi connectivity index (χ3v) is 4.61. The van der Waals surface area contributed by atoms with Crippen LogP contribution < -0.4 is 0 Å². The summed E-state index contributed by atoms with van der Waals surface area (Å²) in [4.78, 5) is 11.7. The summed E-state index contributed by atoms with van der Waals surface area (Å²) < 4.78 is 5.97. The topological polar surface area (TPSA) is 26.3 Å². The maximum absolute atomic E-state index is 11.7. The highest BCUT2D eigenvalue weighted by molar-refractivity contribution is 5.67. The van der Waals surface area contributed by atoms with E-state index in [4.69, 9.17) is 4.74 Å². The first-order valence-corrected chi connectivity index (χ1v) is 7.71. The molecule has 1 aliphatic rings. The Morgan fingerprint density at radius 2 is 1.90 bits per heavy atom. The van der Waals surface area contributed by atoms with Crippen LogP contribution in [0.2, 0.25) is 0 Å². The zero-order chi connectivity index (χ0) is 14.8. The van der Waals surface area contributed by atoms with Gasteiger partial charge in [0.1, 0.15) is 5.60 Å². The van der Waals surface area contributed by atoms with Crippen LogP contribution in [0.1, 0.15) is 52.5 Å². The quantitative estimate of drug-likeness (QED) is 0.757. The minimum absolute atomic E-state index is 0.173. The molecule has 0 heterocycles. The van der Waals surface area contributed by atoms with Crippen LogP contribution in [0.25, 0.3) is 0 Å². The van der Waals surface area contributed by atoms with Gasteiger partial charge in [-0.05, 0) is 30.2 Å². The second-order valence-corrected chi connectivity index (χ2v) is 6.59. The number of carbonyl (C=O) groups is 1. The van der Waals surface area contributed by atoms with Crippen molar-refractivity contribution >= 4 is 5.97 Å². The van der Waals surface area contributed by atoms with Crippen LogP contribution in [0.15, 0.2) is 30.3 Å². The van der Waals surface area contributed by atoms with Crippen molar-refractivity contribution < 1.29 is 9.53 Å². The van der Waals surface area contributed by atoms with Gasteiger partial charge in [0.15, 0.2) is 0 Å². The lowest BCUT2D eigenvalue weighted by molar-refractivity contribution is -0.177. The van der Waals surface area contributed by atoms with E-state index in [1.54, 1.807) is 0 Å². The maximum atomic E-state index is 11.7. The fourth-order valence-corrected chi connectivity index (χ4v) is 3.83. The van der Waals surface area contributed by atoms with Gasteiger partial charge in [0.2, 0.25) is 0 Å². The number of hydrogen-bond acceptors (Lipinski definition) is 2. The molecule has 0 spiro atoms. The van der Waals surface area contributed by atoms with E-state index in [1.807, 2.05) is 18.2 Å². The van der Waals surface area contributed by atoms with E-state index >= 15 is 0 Å². The molecule has 3 atom stereocenters. The average Bonchev–Trinajstić information content (AvgIpc) is 2.38. The van der Waals surface area contributed by atoms with E-state index < -0.39 is 5.60 Å². The first-order chi connectivity index (χ1) is 9.45. The molecular formula is C18H26O2. The molecule has 2 nitrogen and oxygen atoms in total. The van der Waals surface area contributed by atoms with E-state index in [2.05, 4.69) is 32.9 Å². The molecule has 0 bridgehead atoms. The summed E-state index contributed by atoms with van der Waals surface area (Å²) in [5.41, 5.74) is 0.708. The van der Waals surface area contributed by atoms with Gasteiger partial charge < -0.3 is 4.74 Å². The van der Waals surface area contributed by atoms with Gasteiger partial charge in [0.25, 0.3) is 0 Å². The standard InChI is InChI=1S/C18H26O2/c1-13(2)17-11-10-14(3)12-18(17,20-15(4)19)16-8-6-5-7-9-16/h5-9,13-14,17H,10-12H2,1-4H3/t14-,17?,18?/m1/s1. The van der Waals surface area contributed by atoms with Crippen molar-refractivity contribution in [2.75, 3.05) is 0 Å². The molecule has 1 saturated carbocycles. The van der Waals surface area contributed by atoms with Crippen LogP contribution in [-0.2, 0) is 15.1 Å². The summed E-state index contributed by atoms with van der Waals surface area (Å²) in [5, 5.41) is 0. The van der Waals surface area contributed by atoms with Gasteiger partial charge in [-0.2, -0.15) is 0 Å². The third-order valence-electron chi connectivity index (χ3n) is 4.61.